The van der Waals surface area contributed by atoms with Gasteiger partial charge in [0.1, 0.15) is 16.2 Å². The van der Waals surface area contributed by atoms with Crippen molar-refractivity contribution in [2.24, 2.45) is 11.3 Å². The standard InChI is InChI=1S/C26H28N2O3S/c1-16-13-23-20(19-14-18(26(2,3)4)10-11-22(19)31-23)15-21(16)28-32(29,30)24-9-5-7-17-8-6-12-27-25(17)24/h5-9,12-13,15,18,28H,10-11,14H2,1-4H3. The second kappa shape index (κ2) is 7.34. The minimum absolute atomic E-state index is 0.178. The van der Waals surface area contributed by atoms with E-state index < -0.39 is 10.0 Å². The van der Waals surface area contributed by atoms with Crippen LogP contribution in [0.4, 0.5) is 5.69 Å². The Morgan fingerprint density at radius 1 is 1.12 bits per heavy atom. The van der Waals surface area contributed by atoms with Gasteiger partial charge in [-0.05, 0) is 60.9 Å². The third-order valence-corrected chi connectivity index (χ3v) is 8.14. The zero-order chi connectivity index (χ0) is 22.7. The van der Waals surface area contributed by atoms with Gasteiger partial charge < -0.3 is 4.42 Å². The van der Waals surface area contributed by atoms with Gasteiger partial charge in [-0.25, -0.2) is 8.42 Å². The Morgan fingerprint density at radius 3 is 2.69 bits per heavy atom. The molecule has 1 aliphatic carbocycles. The molecule has 1 unspecified atom stereocenters. The molecule has 0 saturated heterocycles. The number of nitrogens with zero attached hydrogens (tertiary/aromatic N) is 1. The third-order valence-electron chi connectivity index (χ3n) is 6.75. The summed E-state index contributed by atoms with van der Waals surface area (Å²) in [7, 11) is -3.81. The number of anilines is 1. The highest BCUT2D eigenvalue weighted by Crippen LogP contribution is 2.42. The van der Waals surface area contributed by atoms with E-state index >= 15 is 0 Å². The van der Waals surface area contributed by atoms with Crippen LogP contribution < -0.4 is 4.72 Å². The van der Waals surface area contributed by atoms with Gasteiger partial charge in [-0.1, -0.05) is 39.0 Å². The van der Waals surface area contributed by atoms with Crippen LogP contribution >= 0.6 is 0 Å². The third kappa shape index (κ3) is 3.56. The van der Waals surface area contributed by atoms with E-state index in [4.69, 9.17) is 4.42 Å². The van der Waals surface area contributed by atoms with Crippen LogP contribution in [0.15, 0.2) is 58.0 Å². The first kappa shape index (κ1) is 21.0. The Labute approximate surface area is 188 Å². The molecule has 2 heterocycles. The second-order valence-electron chi connectivity index (χ2n) is 9.91. The fourth-order valence-corrected chi connectivity index (χ4v) is 6.07. The molecular formula is C26H28N2O3S. The topological polar surface area (TPSA) is 72.2 Å². The maximum atomic E-state index is 13.3. The Hall–Kier alpha value is -2.86. The molecule has 0 amide bonds. The van der Waals surface area contributed by atoms with E-state index in [9.17, 15) is 8.42 Å². The highest BCUT2D eigenvalue weighted by molar-refractivity contribution is 7.93. The van der Waals surface area contributed by atoms with Crippen LogP contribution in [0.25, 0.3) is 21.9 Å². The Kier molecular flexibility index (Phi) is 4.82. The van der Waals surface area contributed by atoms with E-state index in [0.29, 0.717) is 17.1 Å². The van der Waals surface area contributed by atoms with Crippen molar-refractivity contribution in [2.75, 3.05) is 4.72 Å². The molecule has 0 fully saturated rings. The summed E-state index contributed by atoms with van der Waals surface area (Å²) in [5.41, 5.74) is 4.14. The minimum Gasteiger partial charge on any atom is -0.461 e. The molecule has 0 bridgehead atoms. The number of fused-ring (bicyclic) bond motifs is 4. The molecule has 32 heavy (non-hydrogen) atoms. The molecular weight excluding hydrogens is 420 g/mol. The number of aryl methyl sites for hydroxylation is 2. The van der Waals surface area contributed by atoms with Crippen molar-refractivity contribution in [3.63, 3.8) is 0 Å². The van der Waals surface area contributed by atoms with Crippen molar-refractivity contribution in [2.45, 2.75) is 51.9 Å². The maximum Gasteiger partial charge on any atom is 0.264 e. The van der Waals surface area contributed by atoms with Crippen LogP contribution in [-0.4, -0.2) is 13.4 Å². The summed E-state index contributed by atoms with van der Waals surface area (Å²) in [6, 6.07) is 12.8. The largest absolute Gasteiger partial charge is 0.461 e. The lowest BCUT2D eigenvalue weighted by Crippen LogP contribution is -2.26. The second-order valence-corrected chi connectivity index (χ2v) is 11.6. The van der Waals surface area contributed by atoms with E-state index in [1.807, 2.05) is 31.2 Å². The molecule has 2 aromatic carbocycles. The summed E-state index contributed by atoms with van der Waals surface area (Å²) in [6.07, 6.45) is 4.60. The van der Waals surface area contributed by atoms with Crippen LogP contribution in [0, 0.1) is 18.3 Å². The number of nitrogens with one attached hydrogen (secondary N) is 1. The number of pyridine rings is 1. The van der Waals surface area contributed by atoms with Gasteiger partial charge in [0.2, 0.25) is 0 Å². The Morgan fingerprint density at radius 2 is 1.91 bits per heavy atom. The number of furan rings is 1. The zero-order valence-corrected chi connectivity index (χ0v) is 19.7. The molecule has 1 N–H and O–H groups in total. The Balaban J connectivity index is 1.57. The number of sulfonamides is 1. The molecule has 2 aromatic heterocycles. The van der Waals surface area contributed by atoms with Crippen LogP contribution in [0.3, 0.4) is 0 Å². The number of rotatable bonds is 3. The number of aromatic nitrogens is 1. The number of hydrogen-bond donors (Lipinski definition) is 1. The van der Waals surface area contributed by atoms with Gasteiger partial charge in [-0.2, -0.15) is 0 Å². The SMILES string of the molecule is Cc1cc2oc3c(c2cc1NS(=O)(=O)c1cccc2cccnc12)CC(C(C)(C)C)CC3. The quantitative estimate of drug-likeness (QED) is 0.403. The smallest absolute Gasteiger partial charge is 0.264 e. The zero-order valence-electron chi connectivity index (χ0n) is 18.9. The van der Waals surface area contributed by atoms with Crippen molar-refractivity contribution >= 4 is 37.6 Å². The van der Waals surface area contributed by atoms with E-state index in [-0.39, 0.29) is 10.3 Å². The molecule has 5 nitrogen and oxygen atoms in total. The van der Waals surface area contributed by atoms with Crippen LogP contribution in [0.5, 0.6) is 0 Å². The highest BCUT2D eigenvalue weighted by Gasteiger charge is 2.32. The lowest BCUT2D eigenvalue weighted by molar-refractivity contribution is 0.210. The Bertz CT molecular complexity index is 1440. The van der Waals surface area contributed by atoms with Crippen molar-refractivity contribution in [1.82, 2.24) is 4.98 Å². The fraction of sp³-hybridized carbons (Fsp3) is 0.346. The van der Waals surface area contributed by atoms with Crippen LogP contribution in [0.1, 0.15) is 44.1 Å². The van der Waals surface area contributed by atoms with Gasteiger partial charge in [-0.15, -0.1) is 0 Å². The lowest BCUT2D eigenvalue weighted by atomic mass is 9.71. The average Bonchev–Trinajstić information content (AvgIpc) is 3.09. The summed E-state index contributed by atoms with van der Waals surface area (Å²) in [6.45, 7) is 8.75. The molecule has 1 aliphatic rings. The first-order chi connectivity index (χ1) is 15.1. The molecule has 6 heteroatoms. The predicted octanol–water partition coefficient (Wildman–Crippen LogP) is 6.24. The first-order valence-electron chi connectivity index (χ1n) is 11.0. The van der Waals surface area contributed by atoms with E-state index in [1.54, 1.807) is 24.4 Å². The van der Waals surface area contributed by atoms with E-state index in [1.165, 1.54) is 5.56 Å². The summed E-state index contributed by atoms with van der Waals surface area (Å²) in [5, 5.41) is 1.80. The number of hydrogen-bond acceptors (Lipinski definition) is 4. The fourth-order valence-electron chi connectivity index (χ4n) is 4.77. The van der Waals surface area contributed by atoms with Crippen molar-refractivity contribution < 1.29 is 12.8 Å². The molecule has 0 spiro atoms. The van der Waals surface area contributed by atoms with Gasteiger partial charge in [0.25, 0.3) is 10.0 Å². The van der Waals surface area contributed by atoms with Gasteiger partial charge in [0.15, 0.2) is 0 Å². The molecule has 5 rings (SSSR count). The first-order valence-corrected chi connectivity index (χ1v) is 12.5. The van der Waals surface area contributed by atoms with Gasteiger partial charge >= 0.3 is 0 Å². The predicted molar refractivity (Wildman–Crippen MR) is 128 cm³/mol. The molecule has 166 valence electrons. The average molecular weight is 449 g/mol. The monoisotopic (exact) mass is 448 g/mol. The van der Waals surface area contributed by atoms with Crippen LogP contribution in [-0.2, 0) is 22.9 Å². The molecule has 1 atom stereocenters. The van der Waals surface area contributed by atoms with E-state index in [0.717, 1.165) is 46.9 Å². The van der Waals surface area contributed by atoms with Crippen molar-refractivity contribution in [1.29, 1.82) is 0 Å². The highest BCUT2D eigenvalue weighted by atomic mass is 32.2. The number of para-hydroxylation sites is 1. The van der Waals surface area contributed by atoms with Gasteiger partial charge in [-0.3, -0.25) is 9.71 Å². The lowest BCUT2D eigenvalue weighted by Gasteiger charge is -2.33. The van der Waals surface area contributed by atoms with Gasteiger partial charge in [0, 0.05) is 29.0 Å². The van der Waals surface area contributed by atoms with Crippen LogP contribution in [0.2, 0.25) is 0 Å². The van der Waals surface area contributed by atoms with Gasteiger partial charge in [0.05, 0.1) is 11.2 Å². The normalized spacial score (nSPS) is 16.9. The molecule has 0 aliphatic heterocycles. The van der Waals surface area contributed by atoms with Crippen molar-refractivity contribution in [3.8, 4) is 0 Å². The maximum absolute atomic E-state index is 13.3. The minimum atomic E-state index is -3.81. The summed E-state index contributed by atoms with van der Waals surface area (Å²) in [4.78, 5) is 4.49. The summed E-state index contributed by atoms with van der Waals surface area (Å²) in [5.74, 6) is 1.61. The molecule has 0 saturated carbocycles. The summed E-state index contributed by atoms with van der Waals surface area (Å²) >= 11 is 0. The molecule has 0 radical (unpaired) electrons. The van der Waals surface area contributed by atoms with Crippen molar-refractivity contribution in [3.05, 3.63) is 65.5 Å². The number of benzene rings is 2. The van der Waals surface area contributed by atoms with E-state index in [2.05, 4.69) is 30.5 Å². The summed E-state index contributed by atoms with van der Waals surface area (Å²) < 4.78 is 35.7. The molecule has 4 aromatic rings.